The Morgan fingerprint density at radius 1 is 0.247 bits per heavy atom. The molecular weight excluding hydrogens is 997 g/mol. The predicted molar refractivity (Wildman–Crippen MR) is 353 cm³/mol. The molecule has 0 aliphatic carbocycles. The van der Waals surface area contributed by atoms with E-state index in [1.165, 1.54) is 276 Å². The maximum Gasteiger partial charge on any atom is 0.306 e. The third-order valence-electron chi connectivity index (χ3n) is 16.3. The number of rotatable bonds is 67. The van der Waals surface area contributed by atoms with Crippen molar-refractivity contribution in [3.63, 3.8) is 0 Å². The van der Waals surface area contributed by atoms with Gasteiger partial charge in [-0.15, -0.1) is 0 Å². The Morgan fingerprint density at radius 3 is 0.704 bits per heavy atom. The van der Waals surface area contributed by atoms with E-state index in [4.69, 9.17) is 14.2 Å². The molecule has 0 fully saturated rings. The smallest absolute Gasteiger partial charge is 0.306 e. The molecule has 0 bridgehead atoms. The minimum Gasteiger partial charge on any atom is -0.462 e. The first kappa shape index (κ1) is 78.4. The Morgan fingerprint density at radius 2 is 0.444 bits per heavy atom. The van der Waals surface area contributed by atoms with Crippen LogP contribution in [-0.2, 0) is 28.6 Å². The van der Waals surface area contributed by atoms with Gasteiger partial charge in [-0.05, 0) is 83.5 Å². The molecule has 0 saturated heterocycles. The molecule has 0 aliphatic rings. The van der Waals surface area contributed by atoms with E-state index in [2.05, 4.69) is 69.4 Å². The average Bonchev–Trinajstić information content (AvgIpc) is 3.47. The largest absolute Gasteiger partial charge is 0.462 e. The van der Waals surface area contributed by atoms with Crippen molar-refractivity contribution < 1.29 is 28.6 Å². The summed E-state index contributed by atoms with van der Waals surface area (Å²) in [5.74, 6) is -0.850. The lowest BCUT2D eigenvalue weighted by Gasteiger charge is -2.18. The van der Waals surface area contributed by atoms with Gasteiger partial charge in [0.2, 0.25) is 0 Å². The zero-order chi connectivity index (χ0) is 58.5. The van der Waals surface area contributed by atoms with Crippen molar-refractivity contribution in [2.75, 3.05) is 13.2 Å². The number of carbonyl (C=O) groups is 3. The van der Waals surface area contributed by atoms with Gasteiger partial charge < -0.3 is 14.2 Å². The second-order valence-corrected chi connectivity index (χ2v) is 24.5. The fourth-order valence-electron chi connectivity index (χ4n) is 10.9. The molecule has 0 heterocycles. The molecule has 0 aromatic carbocycles. The molecule has 0 aromatic heterocycles. The minimum absolute atomic E-state index is 0.0709. The van der Waals surface area contributed by atoms with Crippen LogP contribution in [0.4, 0.5) is 0 Å². The highest BCUT2D eigenvalue weighted by atomic mass is 16.6. The molecule has 0 aliphatic heterocycles. The Labute approximate surface area is 505 Å². The molecule has 474 valence electrons. The van der Waals surface area contributed by atoms with Crippen LogP contribution in [0.5, 0.6) is 0 Å². The van der Waals surface area contributed by atoms with Crippen molar-refractivity contribution in [1.29, 1.82) is 0 Å². The van der Waals surface area contributed by atoms with Crippen LogP contribution in [0.15, 0.2) is 48.6 Å². The van der Waals surface area contributed by atoms with E-state index in [0.29, 0.717) is 19.3 Å². The second-order valence-electron chi connectivity index (χ2n) is 24.5. The molecule has 0 radical (unpaired) electrons. The van der Waals surface area contributed by atoms with Crippen LogP contribution in [0.3, 0.4) is 0 Å². The van der Waals surface area contributed by atoms with E-state index in [0.717, 1.165) is 77.0 Å². The van der Waals surface area contributed by atoms with Gasteiger partial charge in [-0.3, -0.25) is 14.4 Å². The van der Waals surface area contributed by atoms with Gasteiger partial charge in [0.1, 0.15) is 13.2 Å². The minimum atomic E-state index is -0.776. The van der Waals surface area contributed by atoms with Gasteiger partial charge in [-0.1, -0.05) is 339 Å². The van der Waals surface area contributed by atoms with Crippen LogP contribution >= 0.6 is 0 Å². The van der Waals surface area contributed by atoms with Crippen molar-refractivity contribution in [3.05, 3.63) is 48.6 Å². The highest BCUT2D eigenvalue weighted by molar-refractivity contribution is 5.71. The van der Waals surface area contributed by atoms with Crippen LogP contribution in [0.25, 0.3) is 0 Å². The molecule has 0 amide bonds. The topological polar surface area (TPSA) is 78.9 Å². The summed E-state index contributed by atoms with van der Waals surface area (Å²) in [5, 5.41) is 0. The maximum atomic E-state index is 12.9. The van der Waals surface area contributed by atoms with Crippen LogP contribution in [0, 0.1) is 0 Å². The number of carbonyl (C=O) groups excluding carboxylic acids is 3. The van der Waals surface area contributed by atoms with Gasteiger partial charge in [-0.25, -0.2) is 0 Å². The molecule has 81 heavy (non-hydrogen) atoms. The summed E-state index contributed by atoms with van der Waals surface area (Å²) >= 11 is 0. The lowest BCUT2D eigenvalue weighted by atomic mass is 10.0. The molecular formula is C75H138O6. The number of ether oxygens (including phenoxy) is 3. The number of unbranched alkanes of at least 4 members (excludes halogenated alkanes) is 48. The molecule has 0 rings (SSSR count). The van der Waals surface area contributed by atoms with Crippen molar-refractivity contribution >= 4 is 17.9 Å². The van der Waals surface area contributed by atoms with E-state index < -0.39 is 6.10 Å². The van der Waals surface area contributed by atoms with Gasteiger partial charge in [-0.2, -0.15) is 0 Å². The summed E-state index contributed by atoms with van der Waals surface area (Å²) < 4.78 is 17.0. The lowest BCUT2D eigenvalue weighted by Crippen LogP contribution is -2.30. The Hall–Kier alpha value is -2.63. The number of hydrogen-bond acceptors (Lipinski definition) is 6. The van der Waals surface area contributed by atoms with Gasteiger partial charge in [0.25, 0.3) is 0 Å². The van der Waals surface area contributed by atoms with Crippen molar-refractivity contribution in [2.24, 2.45) is 0 Å². The summed E-state index contributed by atoms with van der Waals surface area (Å²) in [6.45, 7) is 6.67. The van der Waals surface area contributed by atoms with E-state index in [1.54, 1.807) is 0 Å². The van der Waals surface area contributed by atoms with E-state index in [-0.39, 0.29) is 31.1 Å². The monoisotopic (exact) mass is 1140 g/mol. The van der Waals surface area contributed by atoms with Gasteiger partial charge in [0.05, 0.1) is 0 Å². The summed E-state index contributed by atoms with van der Waals surface area (Å²) in [7, 11) is 0. The Kier molecular flexibility index (Phi) is 67.6. The first-order valence-electron chi connectivity index (χ1n) is 36.1. The summed E-state index contributed by atoms with van der Waals surface area (Å²) in [6, 6.07) is 0. The van der Waals surface area contributed by atoms with Crippen molar-refractivity contribution in [3.8, 4) is 0 Å². The molecule has 0 N–H and O–H groups in total. The molecule has 1 unspecified atom stereocenters. The van der Waals surface area contributed by atoms with Crippen LogP contribution < -0.4 is 0 Å². The number of esters is 3. The predicted octanol–water partition coefficient (Wildman–Crippen LogP) is 24.9. The van der Waals surface area contributed by atoms with Gasteiger partial charge in [0.15, 0.2) is 6.10 Å². The first-order valence-corrected chi connectivity index (χ1v) is 36.1. The third kappa shape index (κ3) is 68.0. The SMILES string of the molecule is CCCCC/C=C\C/C=C\CCCCCCCCCC(=O)OC(COC(=O)CCCCCCCCCCCCCCCCCCC)COC(=O)CCCCCCCCCCCCCCCCCCC/C=C\C/C=C\CCCCCCC. The zero-order valence-corrected chi connectivity index (χ0v) is 54.6. The van der Waals surface area contributed by atoms with Crippen LogP contribution in [0.2, 0.25) is 0 Å². The molecule has 0 saturated carbocycles. The molecule has 6 nitrogen and oxygen atoms in total. The summed E-state index contributed by atoms with van der Waals surface area (Å²) in [4.78, 5) is 38.5. The summed E-state index contributed by atoms with van der Waals surface area (Å²) in [6.07, 6.45) is 88.5. The van der Waals surface area contributed by atoms with Crippen LogP contribution in [-0.4, -0.2) is 37.2 Å². The molecule has 6 heteroatoms. The summed E-state index contributed by atoms with van der Waals surface area (Å²) in [5.41, 5.74) is 0. The van der Waals surface area contributed by atoms with Gasteiger partial charge in [0, 0.05) is 19.3 Å². The average molecular weight is 1140 g/mol. The number of allylic oxidation sites excluding steroid dienone is 8. The quantitative estimate of drug-likeness (QED) is 0.0261. The molecule has 0 spiro atoms. The molecule has 1 atom stereocenters. The fourth-order valence-corrected chi connectivity index (χ4v) is 10.9. The third-order valence-corrected chi connectivity index (χ3v) is 16.3. The first-order chi connectivity index (χ1) is 40.0. The number of hydrogen-bond donors (Lipinski definition) is 0. The Bertz CT molecular complexity index is 1400. The zero-order valence-electron chi connectivity index (χ0n) is 54.6. The highest BCUT2D eigenvalue weighted by Gasteiger charge is 2.19. The molecule has 0 aromatic rings. The van der Waals surface area contributed by atoms with E-state index in [1.807, 2.05) is 0 Å². The highest BCUT2D eigenvalue weighted by Crippen LogP contribution is 2.18. The van der Waals surface area contributed by atoms with Crippen LogP contribution in [0.1, 0.15) is 393 Å². The van der Waals surface area contributed by atoms with E-state index in [9.17, 15) is 14.4 Å². The second kappa shape index (κ2) is 69.9. The van der Waals surface area contributed by atoms with Gasteiger partial charge >= 0.3 is 17.9 Å². The van der Waals surface area contributed by atoms with E-state index >= 15 is 0 Å². The van der Waals surface area contributed by atoms with Crippen molar-refractivity contribution in [1.82, 2.24) is 0 Å². The standard InChI is InChI=1S/C75H138O6/c1-4-7-10-13-16-19-22-25-28-31-32-33-34-35-36-37-38-39-40-41-42-45-47-50-53-56-59-62-65-68-74(77)80-71-72(81-75(78)69-66-63-60-57-54-51-48-44-30-27-24-21-18-15-12-9-6-3)70-79-73(76)67-64-61-58-55-52-49-46-43-29-26-23-20-17-14-11-8-5-2/h18,21-22,25,27,30-32,72H,4-17,19-20,23-24,26,28-29,33-71H2,1-3H3/b21-18-,25-22-,30-27-,32-31-. The Balaban J connectivity index is 4.23. The van der Waals surface area contributed by atoms with Crippen molar-refractivity contribution in [2.45, 2.75) is 399 Å². The fraction of sp³-hybridized carbons (Fsp3) is 0.853. The maximum absolute atomic E-state index is 12.9. The normalized spacial score (nSPS) is 12.3. The lowest BCUT2D eigenvalue weighted by molar-refractivity contribution is -0.167.